The molecule has 0 spiro atoms. The van der Waals surface area contributed by atoms with Crippen molar-refractivity contribution in [3.05, 3.63) is 284 Å². The smallest absolute Gasteiger partial charge is 0.341 e. The second kappa shape index (κ2) is 22.3. The van der Waals surface area contributed by atoms with Crippen molar-refractivity contribution in [1.29, 1.82) is 0 Å². The first-order valence-electron chi connectivity index (χ1n) is 29.4. The highest BCUT2D eigenvalue weighted by atomic mass is 35.5. The van der Waals surface area contributed by atoms with Gasteiger partial charge in [-0.15, -0.1) is 0 Å². The second-order valence-electron chi connectivity index (χ2n) is 21.7. The Morgan fingerprint density at radius 1 is 0.360 bits per heavy atom. The van der Waals surface area contributed by atoms with Gasteiger partial charge in [0.25, 0.3) is 0 Å². The third-order valence-electron chi connectivity index (χ3n) is 17.3. The van der Waals surface area contributed by atoms with Crippen LogP contribution in [-0.2, 0) is 36.5 Å². The Balaban J connectivity index is 1.28. The van der Waals surface area contributed by atoms with Crippen molar-refractivity contribution in [2.75, 3.05) is 0 Å². The van der Waals surface area contributed by atoms with Gasteiger partial charge in [-0.2, -0.15) is 0 Å². The number of hydrogen-bond acceptors (Lipinski definition) is 2. The predicted octanol–water partition coefficient (Wildman–Crippen LogP) is 21.5. The number of aryl methyl sites for hydroxylation is 4. The first-order chi connectivity index (χ1) is 42.1. The Morgan fingerprint density at radius 3 is 0.895 bits per heavy atom. The first-order valence-corrected chi connectivity index (χ1v) is 30.9. The summed E-state index contributed by atoms with van der Waals surface area (Å²) in [7, 11) is 0. The van der Waals surface area contributed by atoms with E-state index >= 15 is 4.79 Å². The Hall–Kier alpha value is -8.75. The summed E-state index contributed by atoms with van der Waals surface area (Å²) in [6, 6.07) is 76.7. The van der Waals surface area contributed by atoms with E-state index in [1.807, 2.05) is 0 Å². The van der Waals surface area contributed by atoms with Gasteiger partial charge in [-0.05, 0) is 97.5 Å². The normalized spacial score (nSPS) is 12.8. The van der Waals surface area contributed by atoms with Crippen LogP contribution >= 0.6 is 46.4 Å². The molecule has 0 N–H and O–H groups in total. The van der Waals surface area contributed by atoms with Gasteiger partial charge in [0.05, 0.1) is 48.4 Å². The van der Waals surface area contributed by atoms with E-state index in [-0.39, 0.29) is 31.2 Å². The van der Waals surface area contributed by atoms with Crippen molar-refractivity contribution in [2.24, 2.45) is 0 Å². The summed E-state index contributed by atoms with van der Waals surface area (Å²) in [4.78, 5) is 15.9. The Bertz CT molecular complexity index is 4370. The van der Waals surface area contributed by atoms with Gasteiger partial charge >= 0.3 is 5.97 Å². The van der Waals surface area contributed by atoms with Gasteiger partial charge in [0.1, 0.15) is 0 Å². The Labute approximate surface area is 520 Å². The molecule has 0 bridgehead atoms. The Morgan fingerprint density at radius 2 is 0.616 bits per heavy atom. The minimum Gasteiger partial charge on any atom is -0.442 e. The van der Waals surface area contributed by atoms with Crippen LogP contribution in [0.1, 0.15) is 65.9 Å². The van der Waals surface area contributed by atoms with E-state index in [0.29, 0.717) is 26.2 Å². The van der Waals surface area contributed by atoms with Gasteiger partial charge in [-0.1, -0.05) is 241 Å². The van der Waals surface area contributed by atoms with Crippen LogP contribution in [0.5, 0.6) is 0 Å². The van der Waals surface area contributed by atoms with Crippen LogP contribution in [0.25, 0.3) is 99.8 Å². The highest BCUT2D eigenvalue weighted by molar-refractivity contribution is 6.53. The number of para-hydroxylation sites is 4. The number of nitrogens with zero attached hydrogens (tertiary/aromatic N) is 4. The third kappa shape index (κ3) is 8.55. The fraction of sp³-hybridized carbons (Fsp3) is 0.118. The molecular weight excluding hydrogens is 1140 g/mol. The van der Waals surface area contributed by atoms with E-state index in [1.54, 1.807) is 0 Å². The molecule has 0 amide bonds. The first kappa shape index (κ1) is 55.1. The lowest BCUT2D eigenvalue weighted by molar-refractivity contribution is 0.0300. The molecule has 5 heterocycles. The summed E-state index contributed by atoms with van der Waals surface area (Å²) >= 11 is 29.9. The topological polar surface area (TPSA) is 46.0 Å². The molecule has 0 atom stereocenters. The zero-order valence-electron chi connectivity index (χ0n) is 47.9. The maximum Gasteiger partial charge on any atom is 0.341 e. The quantitative estimate of drug-likeness (QED) is 0.0619. The number of benzene rings is 9. The van der Waals surface area contributed by atoms with Gasteiger partial charge in [0.15, 0.2) is 5.60 Å². The van der Waals surface area contributed by atoms with Crippen LogP contribution in [0.15, 0.2) is 231 Å². The summed E-state index contributed by atoms with van der Waals surface area (Å²) in [6.45, 7) is 11.4. The van der Waals surface area contributed by atoms with E-state index in [4.69, 9.17) is 51.1 Å². The molecule has 6 nitrogen and oxygen atoms in total. The number of halogens is 4. The number of carbonyl (C=O) groups is 1. The summed E-state index contributed by atoms with van der Waals surface area (Å²) in [5.41, 5.74) is 15.9. The largest absolute Gasteiger partial charge is 0.442 e. The molecule has 1 aliphatic rings. The van der Waals surface area contributed by atoms with Crippen LogP contribution in [0.3, 0.4) is 0 Å². The number of hydrogen-bond donors (Lipinski definition) is 0. The van der Waals surface area contributed by atoms with E-state index in [2.05, 4.69) is 277 Å². The van der Waals surface area contributed by atoms with Gasteiger partial charge in [-0.25, -0.2) is 4.79 Å². The molecule has 0 fully saturated rings. The van der Waals surface area contributed by atoms with Gasteiger partial charge in [-0.3, -0.25) is 0 Å². The van der Waals surface area contributed by atoms with Crippen LogP contribution in [0, 0.1) is 0 Å². The number of aromatic nitrogens is 4. The minimum absolute atomic E-state index is 0.00454. The lowest BCUT2D eigenvalue weighted by Gasteiger charge is -2.28. The second-order valence-corrected chi connectivity index (χ2v) is 23.2. The Kier molecular flexibility index (Phi) is 14.3. The minimum atomic E-state index is -1.93. The van der Waals surface area contributed by atoms with E-state index in [1.165, 1.54) is 0 Å². The fourth-order valence-corrected chi connectivity index (χ4v) is 14.9. The molecule has 422 valence electrons. The molecule has 9 aromatic carbocycles. The number of esters is 1. The van der Waals surface area contributed by atoms with Crippen molar-refractivity contribution < 1.29 is 9.53 Å². The molecule has 10 heteroatoms. The van der Waals surface area contributed by atoms with Crippen molar-refractivity contribution >= 4 is 107 Å². The van der Waals surface area contributed by atoms with Gasteiger partial charge in [0, 0.05) is 97.6 Å². The molecular formula is C76H58Cl4N4O2. The fourth-order valence-electron chi connectivity index (χ4n) is 13.9. The van der Waals surface area contributed by atoms with Gasteiger partial charge < -0.3 is 23.0 Å². The van der Waals surface area contributed by atoms with Crippen molar-refractivity contribution in [1.82, 2.24) is 18.3 Å². The standard InChI is InChI=1S/C76H58Cl4N4O2/c1-5-81-57-41-25-21-37-51(57)61(71(81)47-29-13-9-14-30-47)55(62-52-38-22-26-42-58(52)82(6-2)72(62)48-31-15-10-16-32-48)45-76(66-65(75(85)86-76)67(77)69(79)70(80)68(66)78)46-56(63-53-39-23-27-43-59(53)83(7-3)73(63)49-33-17-11-18-34-49)64-54-40-24-28-44-60(54)84(8-4)74(64)50-35-19-12-20-36-50/h9-46H,5-8H2,1-4H3. The molecule has 0 saturated heterocycles. The van der Waals surface area contributed by atoms with Gasteiger partial charge in [0.2, 0.25) is 0 Å². The summed E-state index contributed by atoms with van der Waals surface area (Å²) < 4.78 is 17.1. The van der Waals surface area contributed by atoms with Crippen LogP contribution in [0.4, 0.5) is 0 Å². The lowest BCUT2D eigenvalue weighted by atomic mass is 9.80. The maximum absolute atomic E-state index is 15.9. The number of carbonyl (C=O) groups excluding carboxylic acids is 1. The highest BCUT2D eigenvalue weighted by Gasteiger charge is 2.50. The van der Waals surface area contributed by atoms with Crippen LogP contribution in [-0.4, -0.2) is 24.2 Å². The van der Waals surface area contributed by atoms with Crippen LogP contribution < -0.4 is 0 Å². The molecule has 1 aliphatic heterocycles. The molecule has 14 rings (SSSR count). The molecule has 86 heavy (non-hydrogen) atoms. The van der Waals surface area contributed by atoms with Crippen molar-refractivity contribution in [2.45, 2.75) is 59.5 Å². The lowest BCUT2D eigenvalue weighted by Crippen LogP contribution is -2.23. The number of ether oxygens (including phenoxy) is 1. The third-order valence-corrected chi connectivity index (χ3v) is 19.1. The van der Waals surface area contributed by atoms with E-state index in [9.17, 15) is 0 Å². The monoisotopic (exact) mass is 1200 g/mol. The zero-order valence-corrected chi connectivity index (χ0v) is 50.9. The molecule has 4 aromatic heterocycles. The molecule has 0 radical (unpaired) electrons. The molecule has 0 aliphatic carbocycles. The average Bonchev–Trinajstić information content (AvgIpc) is 1.61. The molecule has 13 aromatic rings. The van der Waals surface area contributed by atoms with Crippen molar-refractivity contribution in [3.8, 4) is 45.0 Å². The highest BCUT2D eigenvalue weighted by Crippen LogP contribution is 2.58. The predicted molar refractivity (Wildman–Crippen MR) is 360 cm³/mol. The van der Waals surface area contributed by atoms with Crippen molar-refractivity contribution in [3.63, 3.8) is 0 Å². The zero-order chi connectivity index (χ0) is 59.0. The molecule has 0 unspecified atom stereocenters. The van der Waals surface area contributed by atoms with E-state index < -0.39 is 11.6 Å². The number of cyclic esters (lactones) is 1. The number of fused-ring (bicyclic) bond motifs is 5. The SMILES string of the molecule is CCn1c(-c2ccccc2)c(C(=CC2(C=C(c3c(-c4ccccc4)n(CC)c4ccccc34)c3c(-c4ccccc4)n(CC)c4ccccc34)OC(=O)c3c(Cl)c(Cl)c(Cl)c(Cl)c32)c2c(-c3ccccc3)n(CC)c3ccccc23)c2ccccc21. The summed E-state index contributed by atoms with van der Waals surface area (Å²) in [5.74, 6) is -0.700. The maximum atomic E-state index is 15.9. The van der Waals surface area contributed by atoms with E-state index in [0.717, 1.165) is 122 Å². The number of rotatable bonds is 14. The summed E-state index contributed by atoms with van der Waals surface area (Å²) in [5, 5.41) is 3.98. The molecule has 0 saturated carbocycles. The van der Waals surface area contributed by atoms with Crippen LogP contribution in [0.2, 0.25) is 20.1 Å². The summed E-state index contributed by atoms with van der Waals surface area (Å²) in [6.07, 6.45) is 4.32. The average molecular weight is 1200 g/mol.